The number of fused-ring (bicyclic) bond motifs is 3. The molecule has 0 amide bonds. The summed E-state index contributed by atoms with van der Waals surface area (Å²) in [4.78, 5) is 0. The van der Waals surface area contributed by atoms with Crippen LogP contribution in [0.25, 0.3) is 76.5 Å². The van der Waals surface area contributed by atoms with Crippen molar-refractivity contribution in [2.24, 2.45) is 0 Å². The first-order valence-corrected chi connectivity index (χ1v) is 16.3. The van der Waals surface area contributed by atoms with Crippen molar-refractivity contribution in [3.63, 3.8) is 0 Å². The SMILES string of the molecule is CCc1cc(-c2cccc(-c3c4ccccc4c(-c4cc5c6c(cccc6c4)CC5)c4ccccc34)c2)cc2cccc(C)c12. The average molecular weight is 575 g/mol. The predicted octanol–water partition coefficient (Wildman–Crippen LogP) is 12.3. The Morgan fingerprint density at radius 1 is 0.444 bits per heavy atom. The Balaban J connectivity index is 1.29. The summed E-state index contributed by atoms with van der Waals surface area (Å²) >= 11 is 0. The molecule has 0 heteroatoms. The maximum absolute atomic E-state index is 2.47. The molecule has 214 valence electrons. The molecule has 0 unspecified atom stereocenters. The second kappa shape index (κ2) is 10.2. The first-order valence-electron chi connectivity index (χ1n) is 16.3. The van der Waals surface area contributed by atoms with Gasteiger partial charge in [-0.3, -0.25) is 0 Å². The second-order valence-corrected chi connectivity index (χ2v) is 12.7. The van der Waals surface area contributed by atoms with Gasteiger partial charge in [-0.25, -0.2) is 0 Å². The molecule has 0 saturated heterocycles. The first-order chi connectivity index (χ1) is 22.2. The lowest BCUT2D eigenvalue weighted by atomic mass is 9.84. The van der Waals surface area contributed by atoms with Crippen LogP contribution in [0, 0.1) is 6.92 Å². The molecular formula is C45H34. The van der Waals surface area contributed by atoms with Gasteiger partial charge in [0.1, 0.15) is 0 Å². The molecule has 0 spiro atoms. The fourth-order valence-electron chi connectivity index (χ4n) is 8.19. The summed E-state index contributed by atoms with van der Waals surface area (Å²) in [6.45, 7) is 4.49. The monoisotopic (exact) mass is 574 g/mol. The fourth-order valence-corrected chi connectivity index (χ4v) is 8.19. The molecule has 0 saturated carbocycles. The molecule has 0 aromatic heterocycles. The van der Waals surface area contributed by atoms with Gasteiger partial charge in [0.15, 0.2) is 0 Å². The third-order valence-electron chi connectivity index (χ3n) is 10.2. The third kappa shape index (κ3) is 4.06. The number of hydrogen-bond acceptors (Lipinski definition) is 0. The van der Waals surface area contributed by atoms with Crippen LogP contribution in [0.4, 0.5) is 0 Å². The largest absolute Gasteiger partial charge is 0.0616 e. The summed E-state index contributed by atoms with van der Waals surface area (Å²) in [7, 11) is 0. The average Bonchev–Trinajstić information content (AvgIpc) is 3.51. The van der Waals surface area contributed by atoms with Crippen LogP contribution in [0.1, 0.15) is 29.2 Å². The van der Waals surface area contributed by atoms with Gasteiger partial charge in [-0.15, -0.1) is 0 Å². The maximum atomic E-state index is 2.47. The summed E-state index contributed by atoms with van der Waals surface area (Å²) < 4.78 is 0. The van der Waals surface area contributed by atoms with Gasteiger partial charge >= 0.3 is 0 Å². The lowest BCUT2D eigenvalue weighted by Crippen LogP contribution is -1.93. The topological polar surface area (TPSA) is 0 Å². The molecule has 0 heterocycles. The normalized spacial score (nSPS) is 12.6. The minimum Gasteiger partial charge on any atom is -0.0616 e. The fraction of sp³-hybridized carbons (Fsp3) is 0.111. The summed E-state index contributed by atoms with van der Waals surface area (Å²) in [5.41, 5.74) is 13.5. The molecule has 1 aliphatic rings. The van der Waals surface area contributed by atoms with Crippen LogP contribution < -0.4 is 0 Å². The molecule has 8 aromatic rings. The molecule has 0 N–H and O–H groups in total. The van der Waals surface area contributed by atoms with Crippen molar-refractivity contribution in [2.45, 2.75) is 33.1 Å². The molecular weight excluding hydrogens is 540 g/mol. The molecule has 1 aliphatic carbocycles. The molecule has 0 nitrogen and oxygen atoms in total. The van der Waals surface area contributed by atoms with Gasteiger partial charge in [-0.1, -0.05) is 122 Å². The Morgan fingerprint density at radius 2 is 1.02 bits per heavy atom. The number of aryl methyl sites for hydroxylation is 4. The highest BCUT2D eigenvalue weighted by atomic mass is 14.2. The van der Waals surface area contributed by atoms with Gasteiger partial charge in [0.2, 0.25) is 0 Å². The minimum atomic E-state index is 1.02. The van der Waals surface area contributed by atoms with E-state index in [0.29, 0.717) is 0 Å². The molecule has 0 aliphatic heterocycles. The van der Waals surface area contributed by atoms with Crippen LogP contribution in [0.2, 0.25) is 0 Å². The molecule has 0 fully saturated rings. The zero-order valence-electron chi connectivity index (χ0n) is 25.8. The van der Waals surface area contributed by atoms with E-state index in [-0.39, 0.29) is 0 Å². The van der Waals surface area contributed by atoms with E-state index < -0.39 is 0 Å². The van der Waals surface area contributed by atoms with E-state index in [1.165, 1.54) is 98.7 Å². The Morgan fingerprint density at radius 3 is 1.73 bits per heavy atom. The maximum Gasteiger partial charge on any atom is -0.00261 e. The molecule has 0 bridgehead atoms. The zero-order valence-corrected chi connectivity index (χ0v) is 25.8. The van der Waals surface area contributed by atoms with Crippen LogP contribution >= 0.6 is 0 Å². The van der Waals surface area contributed by atoms with Gasteiger partial charge in [-0.2, -0.15) is 0 Å². The van der Waals surface area contributed by atoms with Gasteiger partial charge in [0, 0.05) is 0 Å². The Kier molecular flexibility index (Phi) is 5.93. The first kappa shape index (κ1) is 26.2. The van der Waals surface area contributed by atoms with Crippen molar-refractivity contribution in [2.75, 3.05) is 0 Å². The van der Waals surface area contributed by atoms with Gasteiger partial charge in [0.25, 0.3) is 0 Å². The molecule has 45 heavy (non-hydrogen) atoms. The van der Waals surface area contributed by atoms with Crippen LogP contribution in [-0.4, -0.2) is 0 Å². The summed E-state index contributed by atoms with van der Waals surface area (Å²) in [5.74, 6) is 0. The van der Waals surface area contributed by atoms with E-state index in [1.807, 2.05) is 0 Å². The lowest BCUT2D eigenvalue weighted by Gasteiger charge is -2.19. The highest BCUT2D eigenvalue weighted by Crippen LogP contribution is 2.46. The smallest absolute Gasteiger partial charge is 0.00261 e. The van der Waals surface area contributed by atoms with E-state index in [1.54, 1.807) is 0 Å². The molecule has 9 rings (SSSR count). The Labute approximate surface area is 264 Å². The summed E-state index contributed by atoms with van der Waals surface area (Å²) in [6.07, 6.45) is 3.28. The van der Waals surface area contributed by atoms with Crippen LogP contribution in [0.15, 0.2) is 133 Å². The van der Waals surface area contributed by atoms with Crippen molar-refractivity contribution in [3.05, 3.63) is 156 Å². The highest BCUT2D eigenvalue weighted by molar-refractivity contribution is 6.22. The standard InChI is InChI=1S/C45H34/c1-3-29-23-36(25-32-14-8-11-28(2)42(29)32)31-13-10-16-34(24-31)44-38-17-4-6-19-40(38)45(41-20-7-5-18-39(41)44)37-26-33-15-9-12-30-21-22-35(27-37)43(30)33/h4-20,23-27H,3,21-22H2,1-2H3. The van der Waals surface area contributed by atoms with Crippen molar-refractivity contribution < 1.29 is 0 Å². The Hall–Kier alpha value is -5.20. The molecule has 8 aromatic carbocycles. The van der Waals surface area contributed by atoms with E-state index in [9.17, 15) is 0 Å². The number of hydrogen-bond donors (Lipinski definition) is 0. The second-order valence-electron chi connectivity index (χ2n) is 12.7. The zero-order chi connectivity index (χ0) is 30.1. The summed E-state index contributed by atoms with van der Waals surface area (Å²) in [5, 5.41) is 10.8. The van der Waals surface area contributed by atoms with E-state index in [2.05, 4.69) is 147 Å². The lowest BCUT2D eigenvalue weighted by molar-refractivity contribution is 1.02. The Bertz CT molecular complexity index is 2420. The van der Waals surface area contributed by atoms with Gasteiger partial charge < -0.3 is 0 Å². The summed E-state index contributed by atoms with van der Waals surface area (Å²) in [6, 6.07) is 50.4. The van der Waals surface area contributed by atoms with Crippen LogP contribution in [0.5, 0.6) is 0 Å². The van der Waals surface area contributed by atoms with E-state index in [4.69, 9.17) is 0 Å². The van der Waals surface area contributed by atoms with E-state index >= 15 is 0 Å². The molecule has 0 atom stereocenters. The highest BCUT2D eigenvalue weighted by Gasteiger charge is 2.20. The van der Waals surface area contributed by atoms with Crippen molar-refractivity contribution in [3.8, 4) is 33.4 Å². The number of benzene rings is 8. The van der Waals surface area contributed by atoms with Gasteiger partial charge in [0.05, 0.1) is 0 Å². The quantitative estimate of drug-likeness (QED) is 0.183. The van der Waals surface area contributed by atoms with Crippen molar-refractivity contribution in [1.82, 2.24) is 0 Å². The number of rotatable bonds is 4. The third-order valence-corrected chi connectivity index (χ3v) is 10.2. The van der Waals surface area contributed by atoms with Crippen LogP contribution in [0.3, 0.4) is 0 Å². The van der Waals surface area contributed by atoms with Crippen molar-refractivity contribution >= 4 is 43.1 Å². The van der Waals surface area contributed by atoms with E-state index in [0.717, 1.165) is 19.3 Å². The van der Waals surface area contributed by atoms with Crippen molar-refractivity contribution in [1.29, 1.82) is 0 Å². The van der Waals surface area contributed by atoms with Gasteiger partial charge in [-0.05, 0) is 143 Å². The predicted molar refractivity (Wildman–Crippen MR) is 194 cm³/mol. The minimum absolute atomic E-state index is 1.02. The molecule has 0 radical (unpaired) electrons. The van der Waals surface area contributed by atoms with Crippen LogP contribution in [-0.2, 0) is 19.3 Å².